The maximum Gasteiger partial charge on any atom is 0.317 e. The summed E-state index contributed by atoms with van der Waals surface area (Å²) in [6.45, 7) is 6.81. The van der Waals surface area contributed by atoms with Crippen LogP contribution in [0.1, 0.15) is 63.5 Å². The number of esters is 1. The van der Waals surface area contributed by atoms with E-state index >= 15 is 0 Å². The molecule has 0 bridgehead atoms. The maximum absolute atomic E-state index is 13.6. The summed E-state index contributed by atoms with van der Waals surface area (Å²) in [6.07, 6.45) is 4.29. The molecule has 3 unspecified atom stereocenters. The molecule has 2 aliphatic carbocycles. The van der Waals surface area contributed by atoms with Gasteiger partial charge in [0.2, 0.25) is 0 Å². The van der Waals surface area contributed by atoms with Gasteiger partial charge in [-0.15, -0.1) is 0 Å². The van der Waals surface area contributed by atoms with Crippen molar-refractivity contribution in [2.45, 2.75) is 63.9 Å². The second-order valence-corrected chi connectivity index (χ2v) is 9.27. The monoisotopic (exact) mass is 376 g/mol. The zero-order valence-corrected chi connectivity index (χ0v) is 17.3. The first-order valence-corrected chi connectivity index (χ1v) is 10.8. The van der Waals surface area contributed by atoms with Crippen LogP contribution in [0.25, 0.3) is 0 Å². The lowest BCUT2D eigenvalue weighted by Crippen LogP contribution is -2.39. The lowest BCUT2D eigenvalue weighted by Gasteiger charge is -2.37. The van der Waals surface area contributed by atoms with Crippen molar-refractivity contribution in [1.82, 2.24) is 0 Å². The third-order valence-corrected chi connectivity index (χ3v) is 7.04. The molecular weight excluding hydrogens is 344 g/mol. The molecule has 0 saturated heterocycles. The maximum atomic E-state index is 13.6. The quantitative estimate of drug-likeness (QED) is 0.588. The molecule has 2 aliphatic rings. The van der Waals surface area contributed by atoms with Crippen LogP contribution >= 0.6 is 0 Å². The Kier molecular flexibility index (Phi) is 5.31. The Morgan fingerprint density at radius 1 is 1.00 bits per heavy atom. The number of carbonyl (C=O) groups is 1. The van der Waals surface area contributed by atoms with Crippen LogP contribution in [0.4, 0.5) is 0 Å². The van der Waals surface area contributed by atoms with Crippen LogP contribution in [-0.2, 0) is 14.9 Å². The fraction of sp³-hybridized carbons (Fsp3) is 0.500. The van der Waals surface area contributed by atoms with Crippen molar-refractivity contribution >= 4 is 5.97 Å². The van der Waals surface area contributed by atoms with E-state index in [1.807, 2.05) is 24.3 Å². The molecule has 0 N–H and O–H groups in total. The summed E-state index contributed by atoms with van der Waals surface area (Å²) in [5, 5.41) is 0. The van der Waals surface area contributed by atoms with Crippen LogP contribution in [0.3, 0.4) is 0 Å². The van der Waals surface area contributed by atoms with E-state index in [0.717, 1.165) is 24.8 Å². The Balaban J connectivity index is 1.62. The number of ether oxygens (including phenoxy) is 1. The number of hydrogen-bond donors (Lipinski definition) is 0. The Bertz CT molecular complexity index is 798. The first-order valence-electron chi connectivity index (χ1n) is 10.8. The van der Waals surface area contributed by atoms with E-state index in [1.54, 1.807) is 0 Å². The van der Waals surface area contributed by atoms with Crippen molar-refractivity contribution in [2.24, 2.45) is 17.8 Å². The van der Waals surface area contributed by atoms with E-state index in [4.69, 9.17) is 4.74 Å². The Morgan fingerprint density at radius 2 is 1.64 bits per heavy atom. The first-order chi connectivity index (χ1) is 13.5. The lowest BCUT2D eigenvalue weighted by molar-refractivity contribution is -0.159. The normalized spacial score (nSPS) is 32.1. The van der Waals surface area contributed by atoms with Gasteiger partial charge in [-0.25, -0.2) is 0 Å². The molecule has 2 aromatic rings. The molecule has 0 radical (unpaired) electrons. The second kappa shape index (κ2) is 7.73. The second-order valence-electron chi connectivity index (χ2n) is 9.27. The minimum absolute atomic E-state index is 0.0164. The fourth-order valence-corrected chi connectivity index (χ4v) is 5.24. The van der Waals surface area contributed by atoms with Gasteiger partial charge in [0.1, 0.15) is 11.5 Å². The van der Waals surface area contributed by atoms with Crippen molar-refractivity contribution < 1.29 is 9.53 Å². The van der Waals surface area contributed by atoms with Gasteiger partial charge in [-0.1, -0.05) is 87.9 Å². The summed E-state index contributed by atoms with van der Waals surface area (Å²) in [7, 11) is 0. The van der Waals surface area contributed by atoms with E-state index in [2.05, 4.69) is 57.2 Å². The molecule has 2 fully saturated rings. The van der Waals surface area contributed by atoms with Gasteiger partial charge in [0.15, 0.2) is 0 Å². The van der Waals surface area contributed by atoms with Crippen molar-refractivity contribution in [1.29, 1.82) is 0 Å². The van der Waals surface area contributed by atoms with E-state index in [9.17, 15) is 4.79 Å². The average molecular weight is 377 g/mol. The Labute approximate surface area is 169 Å². The average Bonchev–Trinajstić information content (AvgIpc) is 3.46. The predicted octanol–water partition coefficient (Wildman–Crippen LogP) is 6.12. The molecule has 2 nitrogen and oxygen atoms in total. The zero-order chi connectivity index (χ0) is 19.7. The topological polar surface area (TPSA) is 26.3 Å². The number of hydrogen-bond acceptors (Lipinski definition) is 2. The zero-order valence-electron chi connectivity index (χ0n) is 17.3. The first kappa shape index (κ1) is 19.2. The van der Waals surface area contributed by atoms with Crippen molar-refractivity contribution in [2.75, 3.05) is 0 Å². The van der Waals surface area contributed by atoms with Gasteiger partial charge in [0.25, 0.3) is 0 Å². The number of rotatable bonds is 5. The molecule has 28 heavy (non-hydrogen) atoms. The highest BCUT2D eigenvalue weighted by atomic mass is 16.5. The molecular formula is C26H32O2. The largest absolute Gasteiger partial charge is 0.461 e. The SMILES string of the molecule is CC1CCC(C(C)C)C(OC(=O)[C@]2(c3ccccc3)C[C@H]2c2ccccc2)C1. The molecule has 0 heterocycles. The van der Waals surface area contributed by atoms with Crippen LogP contribution in [0.5, 0.6) is 0 Å². The van der Waals surface area contributed by atoms with Gasteiger partial charge in [-0.3, -0.25) is 4.79 Å². The van der Waals surface area contributed by atoms with E-state index in [-0.39, 0.29) is 18.0 Å². The van der Waals surface area contributed by atoms with Gasteiger partial charge in [0.05, 0.1) is 0 Å². The number of carbonyl (C=O) groups excluding carboxylic acids is 1. The van der Waals surface area contributed by atoms with Gasteiger partial charge in [-0.2, -0.15) is 0 Å². The van der Waals surface area contributed by atoms with Gasteiger partial charge < -0.3 is 4.74 Å². The van der Waals surface area contributed by atoms with Crippen LogP contribution in [0.15, 0.2) is 60.7 Å². The standard InChI is InChI=1S/C26H32O2/c1-18(2)22-15-14-19(3)16-24(22)28-25(27)26(21-12-8-5-9-13-21)17-23(26)20-10-6-4-7-11-20/h4-13,18-19,22-24H,14-17H2,1-3H3/t19?,22?,23-,24?,26-/m0/s1. The lowest BCUT2D eigenvalue weighted by atomic mass is 9.75. The molecule has 0 aromatic heterocycles. The van der Waals surface area contributed by atoms with Gasteiger partial charge >= 0.3 is 5.97 Å². The van der Waals surface area contributed by atoms with Crippen LogP contribution < -0.4 is 0 Å². The van der Waals surface area contributed by atoms with Crippen LogP contribution in [-0.4, -0.2) is 12.1 Å². The summed E-state index contributed by atoms with van der Waals surface area (Å²) < 4.78 is 6.33. The van der Waals surface area contributed by atoms with Crippen LogP contribution in [0, 0.1) is 17.8 Å². The molecule has 2 aromatic carbocycles. The smallest absolute Gasteiger partial charge is 0.317 e. The molecule has 2 saturated carbocycles. The third kappa shape index (κ3) is 3.50. The Hall–Kier alpha value is -2.09. The summed E-state index contributed by atoms with van der Waals surface area (Å²) in [5.41, 5.74) is 1.81. The molecule has 4 rings (SSSR count). The van der Waals surface area contributed by atoms with Gasteiger partial charge in [-0.05, 0) is 48.1 Å². The van der Waals surface area contributed by atoms with Crippen molar-refractivity contribution in [3.05, 3.63) is 71.8 Å². The fourth-order valence-electron chi connectivity index (χ4n) is 5.24. The predicted molar refractivity (Wildman–Crippen MR) is 113 cm³/mol. The summed E-state index contributed by atoms with van der Waals surface area (Å²) >= 11 is 0. The third-order valence-electron chi connectivity index (χ3n) is 7.04. The van der Waals surface area contributed by atoms with Crippen molar-refractivity contribution in [3.63, 3.8) is 0 Å². The molecule has 0 amide bonds. The van der Waals surface area contributed by atoms with E-state index in [0.29, 0.717) is 17.8 Å². The molecule has 148 valence electrons. The van der Waals surface area contributed by atoms with E-state index in [1.165, 1.54) is 12.0 Å². The highest BCUT2D eigenvalue weighted by molar-refractivity contribution is 5.89. The highest BCUT2D eigenvalue weighted by Gasteiger charge is 2.63. The molecule has 0 spiro atoms. The number of benzene rings is 2. The molecule has 5 atom stereocenters. The molecule has 0 aliphatic heterocycles. The minimum atomic E-state index is -0.523. The van der Waals surface area contributed by atoms with Gasteiger partial charge in [0, 0.05) is 5.92 Å². The van der Waals surface area contributed by atoms with Crippen molar-refractivity contribution in [3.8, 4) is 0 Å². The summed E-state index contributed by atoms with van der Waals surface area (Å²) in [4.78, 5) is 13.6. The van der Waals surface area contributed by atoms with Crippen LogP contribution in [0.2, 0.25) is 0 Å². The Morgan fingerprint density at radius 3 is 2.29 bits per heavy atom. The highest BCUT2D eigenvalue weighted by Crippen LogP contribution is 2.61. The summed E-state index contributed by atoms with van der Waals surface area (Å²) in [5.74, 6) is 1.84. The summed E-state index contributed by atoms with van der Waals surface area (Å²) in [6, 6.07) is 20.7. The molecule has 2 heteroatoms. The minimum Gasteiger partial charge on any atom is -0.461 e. The van der Waals surface area contributed by atoms with E-state index < -0.39 is 5.41 Å².